The standard InChI is InChI=1S/C16H25N3O2/c1-4-16(17,5-2)15(21)19-11-10-18-14(20)13-8-6-12(3)7-9-13/h6-9H,4-5,10-11,17H2,1-3H3,(H,18,20)(H,19,21). The lowest BCUT2D eigenvalue weighted by Gasteiger charge is -2.25. The first-order chi connectivity index (χ1) is 9.92. The Morgan fingerprint density at radius 1 is 1.05 bits per heavy atom. The fourth-order valence-electron chi connectivity index (χ4n) is 1.91. The largest absolute Gasteiger partial charge is 0.353 e. The molecule has 0 spiro atoms. The molecular weight excluding hydrogens is 266 g/mol. The Kier molecular flexibility index (Phi) is 6.37. The summed E-state index contributed by atoms with van der Waals surface area (Å²) < 4.78 is 0. The lowest BCUT2D eigenvalue weighted by atomic mass is 9.93. The van der Waals surface area contributed by atoms with Crippen LogP contribution < -0.4 is 16.4 Å². The zero-order chi connectivity index (χ0) is 15.9. The molecule has 0 aromatic heterocycles. The van der Waals surface area contributed by atoms with Crippen molar-refractivity contribution in [3.8, 4) is 0 Å². The van der Waals surface area contributed by atoms with Crippen LogP contribution in [-0.2, 0) is 4.79 Å². The van der Waals surface area contributed by atoms with Crippen LogP contribution in [0.2, 0.25) is 0 Å². The highest BCUT2D eigenvalue weighted by Gasteiger charge is 2.29. The van der Waals surface area contributed by atoms with Gasteiger partial charge in [-0.3, -0.25) is 9.59 Å². The van der Waals surface area contributed by atoms with E-state index in [2.05, 4.69) is 10.6 Å². The summed E-state index contributed by atoms with van der Waals surface area (Å²) in [6, 6.07) is 7.34. The highest BCUT2D eigenvalue weighted by molar-refractivity contribution is 5.94. The Balaban J connectivity index is 2.36. The summed E-state index contributed by atoms with van der Waals surface area (Å²) in [7, 11) is 0. The van der Waals surface area contributed by atoms with E-state index in [4.69, 9.17) is 5.73 Å². The van der Waals surface area contributed by atoms with Gasteiger partial charge in [-0.15, -0.1) is 0 Å². The van der Waals surface area contributed by atoms with E-state index in [1.807, 2.05) is 32.9 Å². The van der Waals surface area contributed by atoms with Gasteiger partial charge in [0.15, 0.2) is 0 Å². The molecule has 0 atom stereocenters. The van der Waals surface area contributed by atoms with Gasteiger partial charge in [0.05, 0.1) is 5.54 Å². The number of nitrogens with one attached hydrogen (secondary N) is 2. The monoisotopic (exact) mass is 291 g/mol. The molecule has 0 saturated heterocycles. The SMILES string of the molecule is CCC(N)(CC)C(=O)NCCNC(=O)c1ccc(C)cc1. The topological polar surface area (TPSA) is 84.2 Å². The van der Waals surface area contributed by atoms with Gasteiger partial charge in [0.2, 0.25) is 5.91 Å². The average Bonchev–Trinajstić information content (AvgIpc) is 2.50. The lowest BCUT2D eigenvalue weighted by molar-refractivity contribution is -0.126. The summed E-state index contributed by atoms with van der Waals surface area (Å²) in [4.78, 5) is 23.8. The molecule has 116 valence electrons. The van der Waals surface area contributed by atoms with E-state index in [-0.39, 0.29) is 11.8 Å². The maximum Gasteiger partial charge on any atom is 0.251 e. The predicted octanol–water partition coefficient (Wildman–Crippen LogP) is 1.36. The van der Waals surface area contributed by atoms with Crippen LogP contribution in [-0.4, -0.2) is 30.4 Å². The maximum absolute atomic E-state index is 11.9. The van der Waals surface area contributed by atoms with E-state index >= 15 is 0 Å². The Bertz CT molecular complexity index is 479. The first kappa shape index (κ1) is 17.2. The normalized spacial score (nSPS) is 11.0. The molecule has 5 nitrogen and oxygen atoms in total. The van der Waals surface area contributed by atoms with E-state index in [1.54, 1.807) is 12.1 Å². The first-order valence-electron chi connectivity index (χ1n) is 7.35. The second kappa shape index (κ2) is 7.78. The van der Waals surface area contributed by atoms with Crippen molar-refractivity contribution in [2.75, 3.05) is 13.1 Å². The molecular formula is C16H25N3O2. The summed E-state index contributed by atoms with van der Waals surface area (Å²) >= 11 is 0. The van der Waals surface area contributed by atoms with E-state index in [1.165, 1.54) is 0 Å². The molecule has 0 saturated carbocycles. The highest BCUT2D eigenvalue weighted by atomic mass is 16.2. The molecule has 0 aliphatic rings. The van der Waals surface area contributed by atoms with Crippen LogP contribution >= 0.6 is 0 Å². The van der Waals surface area contributed by atoms with Crippen LogP contribution in [0.15, 0.2) is 24.3 Å². The van der Waals surface area contributed by atoms with Crippen molar-refractivity contribution in [3.05, 3.63) is 35.4 Å². The third-order valence-electron chi connectivity index (χ3n) is 3.72. The fraction of sp³-hybridized carbons (Fsp3) is 0.500. The fourth-order valence-corrected chi connectivity index (χ4v) is 1.91. The van der Waals surface area contributed by atoms with Gasteiger partial charge in [-0.1, -0.05) is 31.5 Å². The Morgan fingerprint density at radius 2 is 1.57 bits per heavy atom. The Hall–Kier alpha value is -1.88. The van der Waals surface area contributed by atoms with E-state index in [0.29, 0.717) is 31.5 Å². The van der Waals surface area contributed by atoms with Gasteiger partial charge in [0.1, 0.15) is 0 Å². The van der Waals surface area contributed by atoms with Gasteiger partial charge in [0, 0.05) is 18.7 Å². The van der Waals surface area contributed by atoms with E-state index in [0.717, 1.165) is 5.56 Å². The molecule has 21 heavy (non-hydrogen) atoms. The van der Waals surface area contributed by atoms with Crippen molar-refractivity contribution in [2.24, 2.45) is 5.73 Å². The summed E-state index contributed by atoms with van der Waals surface area (Å²) in [5.41, 5.74) is 6.89. The first-order valence-corrected chi connectivity index (χ1v) is 7.35. The average molecular weight is 291 g/mol. The lowest BCUT2D eigenvalue weighted by Crippen LogP contribution is -2.54. The zero-order valence-electron chi connectivity index (χ0n) is 13.0. The van der Waals surface area contributed by atoms with Gasteiger partial charge in [-0.2, -0.15) is 0 Å². The number of rotatable bonds is 7. The molecule has 0 unspecified atom stereocenters. The zero-order valence-corrected chi connectivity index (χ0v) is 13.0. The minimum Gasteiger partial charge on any atom is -0.353 e. The van der Waals surface area contributed by atoms with E-state index < -0.39 is 5.54 Å². The second-order valence-electron chi connectivity index (χ2n) is 5.24. The molecule has 1 aromatic carbocycles. The molecule has 2 amide bonds. The highest BCUT2D eigenvalue weighted by Crippen LogP contribution is 2.10. The number of amides is 2. The van der Waals surface area contributed by atoms with E-state index in [9.17, 15) is 9.59 Å². The molecule has 1 aromatic rings. The molecule has 0 aliphatic carbocycles. The number of benzene rings is 1. The molecule has 5 heteroatoms. The molecule has 0 radical (unpaired) electrons. The van der Waals surface area contributed by atoms with Crippen LogP contribution in [0.3, 0.4) is 0 Å². The number of carbonyl (C=O) groups is 2. The summed E-state index contributed by atoms with van der Waals surface area (Å²) in [6.45, 7) is 6.50. The van der Waals surface area contributed by atoms with Crippen molar-refractivity contribution < 1.29 is 9.59 Å². The van der Waals surface area contributed by atoms with Gasteiger partial charge in [-0.05, 0) is 31.9 Å². The van der Waals surface area contributed by atoms with Gasteiger partial charge in [0.25, 0.3) is 5.91 Å². The minimum atomic E-state index is -0.818. The molecule has 0 aliphatic heterocycles. The summed E-state index contributed by atoms with van der Waals surface area (Å²) in [6.07, 6.45) is 1.18. The Labute approximate surface area is 126 Å². The van der Waals surface area contributed by atoms with Gasteiger partial charge < -0.3 is 16.4 Å². The van der Waals surface area contributed by atoms with Crippen LogP contribution in [0, 0.1) is 6.92 Å². The van der Waals surface area contributed by atoms with Crippen LogP contribution in [0.5, 0.6) is 0 Å². The van der Waals surface area contributed by atoms with Crippen LogP contribution in [0.25, 0.3) is 0 Å². The molecule has 4 N–H and O–H groups in total. The molecule has 0 heterocycles. The van der Waals surface area contributed by atoms with Crippen molar-refractivity contribution in [3.63, 3.8) is 0 Å². The summed E-state index contributed by atoms with van der Waals surface area (Å²) in [5.74, 6) is -0.314. The second-order valence-corrected chi connectivity index (χ2v) is 5.24. The number of nitrogens with two attached hydrogens (primary N) is 1. The van der Waals surface area contributed by atoms with Crippen molar-refractivity contribution in [2.45, 2.75) is 39.2 Å². The molecule has 0 fully saturated rings. The number of carbonyl (C=O) groups excluding carboxylic acids is 2. The van der Waals surface area contributed by atoms with Crippen molar-refractivity contribution in [1.29, 1.82) is 0 Å². The molecule has 0 bridgehead atoms. The number of hydrogen-bond donors (Lipinski definition) is 3. The number of aryl methyl sites for hydroxylation is 1. The number of hydrogen-bond acceptors (Lipinski definition) is 3. The Morgan fingerprint density at radius 3 is 2.10 bits per heavy atom. The van der Waals surface area contributed by atoms with Crippen LogP contribution in [0.1, 0.15) is 42.6 Å². The summed E-state index contributed by atoms with van der Waals surface area (Å²) in [5, 5.41) is 5.53. The maximum atomic E-state index is 11.9. The smallest absolute Gasteiger partial charge is 0.251 e. The van der Waals surface area contributed by atoms with Crippen molar-refractivity contribution >= 4 is 11.8 Å². The minimum absolute atomic E-state index is 0.144. The predicted molar refractivity (Wildman–Crippen MR) is 84.0 cm³/mol. The molecule has 1 rings (SSSR count). The third kappa shape index (κ3) is 4.86. The van der Waals surface area contributed by atoms with Crippen molar-refractivity contribution in [1.82, 2.24) is 10.6 Å². The van der Waals surface area contributed by atoms with Gasteiger partial charge >= 0.3 is 0 Å². The third-order valence-corrected chi connectivity index (χ3v) is 3.72. The quantitative estimate of drug-likeness (QED) is 0.663. The van der Waals surface area contributed by atoms with Gasteiger partial charge in [-0.25, -0.2) is 0 Å². The van der Waals surface area contributed by atoms with Crippen LogP contribution in [0.4, 0.5) is 0 Å².